The number of nitrogens with zero attached hydrogens (tertiary/aromatic N) is 1. The van der Waals surface area contributed by atoms with Crippen LogP contribution in [0.25, 0.3) is 0 Å². The Bertz CT molecular complexity index is 956. The van der Waals surface area contributed by atoms with Crippen LogP contribution in [0.5, 0.6) is 0 Å². The minimum atomic E-state index is -0.860. The van der Waals surface area contributed by atoms with Crippen LogP contribution in [-0.2, 0) is 9.53 Å². The lowest BCUT2D eigenvalue weighted by Crippen LogP contribution is -2.50. The Morgan fingerprint density at radius 2 is 1.89 bits per heavy atom. The molecule has 8 atom stereocenters. The number of hydrogen-bond donors (Lipinski definition) is 2. The molecule has 0 radical (unpaired) electrons. The highest BCUT2D eigenvalue weighted by Crippen LogP contribution is 2.44. The SMILES string of the molecule is Cc1noc(C)c1C(O)C1=CC2CC(CC(=O)NC(C3CCCCC3)C3CCC(Cl)CC3Cl)CCC2O1. The third-order valence-corrected chi connectivity index (χ3v) is 10.3. The van der Waals surface area contributed by atoms with E-state index in [1.54, 1.807) is 0 Å². The molecule has 0 spiro atoms. The normalized spacial score (nSPS) is 34.2. The van der Waals surface area contributed by atoms with E-state index in [-0.39, 0.29) is 34.7 Å². The molecule has 5 rings (SSSR count). The molecule has 206 valence electrons. The van der Waals surface area contributed by atoms with Gasteiger partial charge in [-0.2, -0.15) is 0 Å². The molecule has 6 nitrogen and oxygen atoms in total. The number of aliphatic hydroxyl groups excluding tert-OH is 1. The number of amides is 1. The van der Waals surface area contributed by atoms with Crippen molar-refractivity contribution >= 4 is 29.1 Å². The van der Waals surface area contributed by atoms with Crippen LogP contribution >= 0.6 is 23.2 Å². The number of halogens is 2. The van der Waals surface area contributed by atoms with E-state index in [0.29, 0.717) is 47.0 Å². The molecule has 1 aromatic heterocycles. The van der Waals surface area contributed by atoms with Crippen LogP contribution in [0.1, 0.15) is 100 Å². The Hall–Kier alpha value is -1.24. The number of ether oxygens (including phenoxy) is 1. The van der Waals surface area contributed by atoms with Crippen LogP contribution in [0.3, 0.4) is 0 Å². The topological polar surface area (TPSA) is 84.6 Å². The predicted octanol–water partition coefficient (Wildman–Crippen LogP) is 6.49. The van der Waals surface area contributed by atoms with Gasteiger partial charge in [-0.1, -0.05) is 24.4 Å². The predicted molar refractivity (Wildman–Crippen MR) is 144 cm³/mol. The second-order valence-corrected chi connectivity index (χ2v) is 13.2. The third-order valence-electron chi connectivity index (χ3n) is 9.42. The van der Waals surface area contributed by atoms with Crippen LogP contribution < -0.4 is 5.32 Å². The first-order chi connectivity index (χ1) is 17.8. The van der Waals surface area contributed by atoms with E-state index in [0.717, 1.165) is 38.5 Å². The molecule has 0 aromatic carbocycles. The number of carbonyl (C=O) groups is 1. The summed E-state index contributed by atoms with van der Waals surface area (Å²) < 4.78 is 11.4. The average Bonchev–Trinajstić information content (AvgIpc) is 3.45. The average molecular weight is 554 g/mol. The van der Waals surface area contributed by atoms with Crippen molar-refractivity contribution in [3.8, 4) is 0 Å². The second-order valence-electron chi connectivity index (χ2n) is 12.0. The number of nitrogens with one attached hydrogen (secondary N) is 1. The fraction of sp³-hybridized carbons (Fsp3) is 0.793. The summed E-state index contributed by atoms with van der Waals surface area (Å²) in [4.78, 5) is 13.4. The lowest BCUT2D eigenvalue weighted by molar-refractivity contribution is -0.124. The van der Waals surface area contributed by atoms with Gasteiger partial charge in [-0.3, -0.25) is 4.79 Å². The quantitative estimate of drug-likeness (QED) is 0.377. The fourth-order valence-electron chi connectivity index (χ4n) is 7.45. The lowest BCUT2D eigenvalue weighted by atomic mass is 9.73. The number of carbonyl (C=O) groups excluding carboxylic acids is 1. The molecule has 1 amide bonds. The van der Waals surface area contributed by atoms with Crippen LogP contribution in [0.2, 0.25) is 0 Å². The maximum Gasteiger partial charge on any atom is 0.220 e. The highest BCUT2D eigenvalue weighted by Gasteiger charge is 2.41. The standard InChI is InChI=1S/C29H42Cl2N2O4/c1-16-27(17(2)37-33-16)29(35)25-14-20-12-18(8-11-24(20)36-25)13-26(34)32-28(19-6-4-3-5-7-19)22-10-9-21(30)15-23(22)31/h14,18-24,28-29,35H,3-13,15H2,1-2H3,(H,32,34). The van der Waals surface area contributed by atoms with E-state index in [4.69, 9.17) is 32.5 Å². The Kier molecular flexibility index (Phi) is 8.77. The van der Waals surface area contributed by atoms with Crippen LogP contribution in [0.4, 0.5) is 0 Å². The molecule has 8 heteroatoms. The summed E-state index contributed by atoms with van der Waals surface area (Å²) in [5, 5.41) is 18.6. The molecule has 8 unspecified atom stereocenters. The number of aliphatic hydroxyl groups is 1. The molecule has 2 N–H and O–H groups in total. The number of aromatic nitrogens is 1. The Morgan fingerprint density at radius 1 is 1.11 bits per heavy atom. The van der Waals surface area contributed by atoms with Crippen molar-refractivity contribution in [3.05, 3.63) is 28.9 Å². The molecule has 3 aliphatic carbocycles. The maximum absolute atomic E-state index is 13.4. The zero-order valence-electron chi connectivity index (χ0n) is 22.1. The van der Waals surface area contributed by atoms with Crippen LogP contribution in [0.15, 0.2) is 16.4 Å². The van der Waals surface area contributed by atoms with Gasteiger partial charge in [-0.25, -0.2) is 0 Å². The highest BCUT2D eigenvalue weighted by atomic mass is 35.5. The lowest BCUT2D eigenvalue weighted by Gasteiger charge is -2.41. The maximum atomic E-state index is 13.4. The largest absolute Gasteiger partial charge is 0.491 e. The van der Waals surface area contributed by atoms with Gasteiger partial charge in [0.1, 0.15) is 23.7 Å². The van der Waals surface area contributed by atoms with Gasteiger partial charge < -0.3 is 19.7 Å². The van der Waals surface area contributed by atoms with Crippen LogP contribution in [0, 0.1) is 37.5 Å². The minimum Gasteiger partial charge on any atom is -0.491 e. The summed E-state index contributed by atoms with van der Waals surface area (Å²) in [6, 6.07) is 0.155. The molecule has 37 heavy (non-hydrogen) atoms. The molecular formula is C29H42Cl2N2O4. The van der Waals surface area contributed by atoms with E-state index in [9.17, 15) is 9.90 Å². The van der Waals surface area contributed by atoms with Crippen molar-refractivity contribution < 1.29 is 19.2 Å². The van der Waals surface area contributed by atoms with Gasteiger partial charge in [0.05, 0.1) is 11.3 Å². The van der Waals surface area contributed by atoms with Gasteiger partial charge in [-0.15, -0.1) is 23.2 Å². The summed E-state index contributed by atoms with van der Waals surface area (Å²) >= 11 is 13.2. The molecule has 0 saturated heterocycles. The van der Waals surface area contributed by atoms with E-state index in [1.807, 2.05) is 13.8 Å². The zero-order chi connectivity index (χ0) is 26.1. The number of rotatable bonds is 7. The first-order valence-electron chi connectivity index (χ1n) is 14.4. The molecular weight excluding hydrogens is 511 g/mol. The van der Waals surface area contributed by atoms with Crippen LogP contribution in [-0.4, -0.2) is 39.1 Å². The molecule has 3 fully saturated rings. The van der Waals surface area contributed by atoms with Gasteiger partial charge in [0.2, 0.25) is 5.91 Å². The number of hydrogen-bond acceptors (Lipinski definition) is 5. The number of alkyl halides is 2. The zero-order valence-corrected chi connectivity index (χ0v) is 23.6. The minimum absolute atomic E-state index is 0.0299. The van der Waals surface area contributed by atoms with E-state index in [1.165, 1.54) is 32.1 Å². The Morgan fingerprint density at radius 3 is 2.59 bits per heavy atom. The Labute approximate surface area is 230 Å². The first-order valence-corrected chi connectivity index (χ1v) is 15.2. The summed E-state index contributed by atoms with van der Waals surface area (Å²) in [5.74, 6) is 2.73. The molecule has 4 aliphatic rings. The molecule has 1 aliphatic heterocycles. The second kappa shape index (κ2) is 11.9. The molecule has 2 heterocycles. The smallest absolute Gasteiger partial charge is 0.220 e. The summed E-state index contributed by atoms with van der Waals surface area (Å²) in [6.45, 7) is 3.64. The van der Waals surface area contributed by atoms with Gasteiger partial charge in [-0.05, 0) is 89.0 Å². The molecule has 3 saturated carbocycles. The van der Waals surface area contributed by atoms with Crippen molar-refractivity contribution in [2.75, 3.05) is 0 Å². The van der Waals surface area contributed by atoms with E-state index < -0.39 is 6.10 Å². The van der Waals surface area contributed by atoms with Crippen molar-refractivity contribution in [2.45, 2.75) is 120 Å². The monoisotopic (exact) mass is 552 g/mol. The number of aryl methyl sites for hydroxylation is 2. The van der Waals surface area contributed by atoms with Crippen molar-refractivity contribution in [2.24, 2.45) is 23.7 Å². The van der Waals surface area contributed by atoms with E-state index in [2.05, 4.69) is 16.5 Å². The molecule has 1 aromatic rings. The fourth-order valence-corrected chi connectivity index (χ4v) is 8.36. The highest BCUT2D eigenvalue weighted by molar-refractivity contribution is 6.24. The number of fused-ring (bicyclic) bond motifs is 1. The van der Waals surface area contributed by atoms with Crippen molar-refractivity contribution in [1.29, 1.82) is 0 Å². The summed E-state index contributed by atoms with van der Waals surface area (Å²) in [7, 11) is 0. The molecule has 0 bridgehead atoms. The van der Waals surface area contributed by atoms with Gasteiger partial charge in [0.15, 0.2) is 0 Å². The first kappa shape index (κ1) is 27.3. The van der Waals surface area contributed by atoms with E-state index >= 15 is 0 Å². The summed E-state index contributed by atoms with van der Waals surface area (Å²) in [6.07, 6.45) is 13.5. The summed E-state index contributed by atoms with van der Waals surface area (Å²) in [5.41, 5.74) is 1.38. The van der Waals surface area contributed by atoms with Gasteiger partial charge >= 0.3 is 0 Å². The third kappa shape index (κ3) is 6.17. The van der Waals surface area contributed by atoms with Crippen molar-refractivity contribution in [3.63, 3.8) is 0 Å². The van der Waals surface area contributed by atoms with Gasteiger partial charge in [0.25, 0.3) is 0 Å². The van der Waals surface area contributed by atoms with Gasteiger partial charge in [0, 0.05) is 29.1 Å². The Balaban J connectivity index is 1.20. The van der Waals surface area contributed by atoms with Crippen molar-refractivity contribution in [1.82, 2.24) is 10.5 Å².